The highest BCUT2D eigenvalue weighted by molar-refractivity contribution is 5.69. The summed E-state index contributed by atoms with van der Waals surface area (Å²) >= 11 is 0. The topological polar surface area (TPSA) is 100 Å². The lowest BCUT2D eigenvalue weighted by Gasteiger charge is -2.16. The largest absolute Gasteiger partial charge is 0.491 e. The number of nitrogen functional groups attached to an aromatic ring is 1. The highest BCUT2D eigenvalue weighted by atomic mass is 16.5. The van der Waals surface area contributed by atoms with Gasteiger partial charge in [-0.25, -0.2) is 14.6 Å². The Labute approximate surface area is 163 Å². The van der Waals surface area contributed by atoms with Crippen LogP contribution in [0.4, 0.5) is 11.5 Å². The van der Waals surface area contributed by atoms with E-state index in [4.69, 9.17) is 15.2 Å². The minimum Gasteiger partial charge on any atom is -0.491 e. The van der Waals surface area contributed by atoms with E-state index in [0.717, 1.165) is 36.3 Å². The first-order valence-corrected chi connectivity index (χ1v) is 9.39. The van der Waals surface area contributed by atoms with Crippen molar-refractivity contribution in [1.82, 2.24) is 19.7 Å². The molecule has 3 N–H and O–H groups in total. The summed E-state index contributed by atoms with van der Waals surface area (Å²) in [6.07, 6.45) is 7.27. The zero-order valence-electron chi connectivity index (χ0n) is 15.8. The third-order valence-electron chi connectivity index (χ3n) is 4.70. The molecule has 0 bridgehead atoms. The van der Waals surface area contributed by atoms with E-state index >= 15 is 0 Å². The van der Waals surface area contributed by atoms with Gasteiger partial charge in [-0.1, -0.05) is 12.1 Å². The van der Waals surface area contributed by atoms with E-state index in [-0.39, 0.29) is 6.10 Å². The van der Waals surface area contributed by atoms with Crippen LogP contribution in [0.25, 0.3) is 5.82 Å². The van der Waals surface area contributed by atoms with Gasteiger partial charge in [0.2, 0.25) is 0 Å². The summed E-state index contributed by atoms with van der Waals surface area (Å²) < 4.78 is 13.3. The van der Waals surface area contributed by atoms with Crippen molar-refractivity contribution < 1.29 is 9.47 Å². The van der Waals surface area contributed by atoms with E-state index in [0.29, 0.717) is 30.5 Å². The number of hydrogen-bond donors (Lipinski definition) is 2. The second-order valence-electron chi connectivity index (χ2n) is 6.82. The molecule has 2 aromatic heterocycles. The van der Waals surface area contributed by atoms with Crippen LogP contribution in [-0.2, 0) is 11.3 Å². The summed E-state index contributed by atoms with van der Waals surface area (Å²) in [4.78, 5) is 8.50. The van der Waals surface area contributed by atoms with Crippen LogP contribution in [0.2, 0.25) is 0 Å². The minimum absolute atomic E-state index is 0.176. The second kappa shape index (κ2) is 8.26. The highest BCUT2D eigenvalue weighted by Crippen LogP contribution is 2.25. The molecule has 3 heterocycles. The van der Waals surface area contributed by atoms with E-state index in [1.165, 1.54) is 6.33 Å². The summed E-state index contributed by atoms with van der Waals surface area (Å²) in [5.74, 6) is 1.95. The Balaban J connectivity index is 1.48. The van der Waals surface area contributed by atoms with Gasteiger partial charge in [0.25, 0.3) is 0 Å². The standard InChI is InChI=1S/C20H24N6O2/c1-14-5-6-15(17(10-14)28-12-16-4-2-9-27-16)11-22-19-18(21)20(24-13-23-19)26-8-3-7-25-26/h3,5-8,10,13,16H,2,4,9,11-12,21H2,1H3,(H,22,23,24). The molecule has 28 heavy (non-hydrogen) atoms. The van der Waals surface area contributed by atoms with Gasteiger partial charge in [0.1, 0.15) is 24.4 Å². The van der Waals surface area contributed by atoms with Crippen molar-refractivity contribution >= 4 is 11.5 Å². The van der Waals surface area contributed by atoms with Crippen molar-refractivity contribution in [2.24, 2.45) is 0 Å². The molecule has 1 saturated heterocycles. The Morgan fingerprint density at radius 1 is 1.36 bits per heavy atom. The van der Waals surface area contributed by atoms with Crippen LogP contribution in [-0.4, -0.2) is 39.1 Å². The number of nitrogens with one attached hydrogen (secondary N) is 1. The first kappa shape index (κ1) is 18.2. The Hall–Kier alpha value is -3.13. The number of anilines is 2. The maximum absolute atomic E-state index is 6.25. The predicted octanol–water partition coefficient (Wildman–Crippen LogP) is 2.72. The second-order valence-corrected chi connectivity index (χ2v) is 6.82. The number of nitrogens with two attached hydrogens (primary N) is 1. The summed E-state index contributed by atoms with van der Waals surface area (Å²) in [5, 5.41) is 7.47. The van der Waals surface area contributed by atoms with Gasteiger partial charge in [-0.05, 0) is 37.5 Å². The molecule has 1 aliphatic rings. The Bertz CT molecular complexity index is 922. The fourth-order valence-electron chi connectivity index (χ4n) is 3.18. The normalized spacial score (nSPS) is 16.2. The molecule has 1 atom stereocenters. The molecule has 0 saturated carbocycles. The van der Waals surface area contributed by atoms with E-state index < -0.39 is 0 Å². The molecule has 1 aromatic carbocycles. The number of hydrogen-bond acceptors (Lipinski definition) is 7. The summed E-state index contributed by atoms with van der Waals surface area (Å²) in [7, 11) is 0. The van der Waals surface area contributed by atoms with Crippen LogP contribution < -0.4 is 15.8 Å². The van der Waals surface area contributed by atoms with Crippen molar-refractivity contribution in [2.45, 2.75) is 32.4 Å². The Kier molecular flexibility index (Phi) is 5.38. The zero-order valence-corrected chi connectivity index (χ0v) is 15.8. The van der Waals surface area contributed by atoms with E-state index in [9.17, 15) is 0 Å². The predicted molar refractivity (Wildman–Crippen MR) is 107 cm³/mol. The third kappa shape index (κ3) is 4.07. The van der Waals surface area contributed by atoms with Crippen molar-refractivity contribution in [3.05, 3.63) is 54.1 Å². The number of benzene rings is 1. The number of nitrogens with zero attached hydrogens (tertiary/aromatic N) is 4. The maximum Gasteiger partial charge on any atom is 0.181 e. The fraction of sp³-hybridized carbons (Fsp3) is 0.350. The molecule has 1 unspecified atom stereocenters. The van der Waals surface area contributed by atoms with Gasteiger partial charge in [0.15, 0.2) is 11.6 Å². The third-order valence-corrected chi connectivity index (χ3v) is 4.70. The van der Waals surface area contributed by atoms with Gasteiger partial charge in [-0.3, -0.25) is 0 Å². The Morgan fingerprint density at radius 2 is 2.29 bits per heavy atom. The fourth-order valence-corrected chi connectivity index (χ4v) is 3.18. The van der Waals surface area contributed by atoms with Crippen molar-refractivity contribution in [2.75, 3.05) is 24.3 Å². The van der Waals surface area contributed by atoms with Crippen LogP contribution in [0.3, 0.4) is 0 Å². The SMILES string of the molecule is Cc1ccc(CNc2ncnc(-n3cccn3)c2N)c(OCC2CCCO2)c1. The smallest absolute Gasteiger partial charge is 0.181 e. The van der Waals surface area contributed by atoms with Gasteiger partial charge < -0.3 is 20.5 Å². The molecule has 1 aliphatic heterocycles. The number of rotatable bonds is 7. The van der Waals surface area contributed by atoms with E-state index in [1.54, 1.807) is 17.1 Å². The molecule has 146 valence electrons. The maximum atomic E-state index is 6.25. The van der Waals surface area contributed by atoms with Gasteiger partial charge in [-0.15, -0.1) is 0 Å². The van der Waals surface area contributed by atoms with Crippen LogP contribution in [0.5, 0.6) is 5.75 Å². The first-order chi connectivity index (χ1) is 13.7. The minimum atomic E-state index is 0.176. The summed E-state index contributed by atoms with van der Waals surface area (Å²) in [6, 6.07) is 7.98. The average Bonchev–Trinajstić information content (AvgIpc) is 3.40. The average molecular weight is 380 g/mol. The molecule has 8 nitrogen and oxygen atoms in total. The molecule has 0 spiro atoms. The van der Waals surface area contributed by atoms with Gasteiger partial charge in [0, 0.05) is 31.1 Å². The van der Waals surface area contributed by atoms with Crippen LogP contribution in [0, 0.1) is 6.92 Å². The molecular formula is C20H24N6O2. The van der Waals surface area contributed by atoms with Crippen LogP contribution in [0.15, 0.2) is 43.0 Å². The quantitative estimate of drug-likeness (QED) is 0.650. The number of aryl methyl sites for hydroxylation is 1. The van der Waals surface area contributed by atoms with E-state index in [2.05, 4.69) is 39.4 Å². The zero-order chi connectivity index (χ0) is 19.3. The van der Waals surface area contributed by atoms with Gasteiger partial charge >= 0.3 is 0 Å². The molecule has 0 amide bonds. The van der Waals surface area contributed by atoms with Crippen LogP contribution >= 0.6 is 0 Å². The van der Waals surface area contributed by atoms with E-state index in [1.807, 2.05) is 12.1 Å². The summed E-state index contributed by atoms with van der Waals surface area (Å²) in [6.45, 7) is 3.97. The first-order valence-electron chi connectivity index (χ1n) is 9.39. The molecular weight excluding hydrogens is 356 g/mol. The van der Waals surface area contributed by atoms with Gasteiger partial charge in [0.05, 0.1) is 6.10 Å². The Morgan fingerprint density at radius 3 is 3.07 bits per heavy atom. The molecule has 8 heteroatoms. The van der Waals surface area contributed by atoms with Crippen molar-refractivity contribution in [3.8, 4) is 11.6 Å². The highest BCUT2D eigenvalue weighted by Gasteiger charge is 2.17. The number of ether oxygens (including phenoxy) is 2. The molecule has 4 rings (SSSR count). The van der Waals surface area contributed by atoms with Crippen molar-refractivity contribution in [1.29, 1.82) is 0 Å². The summed E-state index contributed by atoms with van der Waals surface area (Å²) in [5.41, 5.74) is 8.87. The monoisotopic (exact) mass is 380 g/mol. The molecule has 0 aliphatic carbocycles. The number of aromatic nitrogens is 4. The lowest BCUT2D eigenvalue weighted by Crippen LogP contribution is -2.17. The van der Waals surface area contributed by atoms with Crippen molar-refractivity contribution in [3.63, 3.8) is 0 Å². The lowest BCUT2D eigenvalue weighted by molar-refractivity contribution is 0.0676. The van der Waals surface area contributed by atoms with Gasteiger partial charge in [-0.2, -0.15) is 5.10 Å². The molecule has 3 aromatic rings. The van der Waals surface area contributed by atoms with Crippen LogP contribution in [0.1, 0.15) is 24.0 Å². The lowest BCUT2D eigenvalue weighted by atomic mass is 10.1. The molecule has 1 fully saturated rings. The molecule has 0 radical (unpaired) electrons.